The van der Waals surface area contributed by atoms with Gasteiger partial charge in [0.05, 0.1) is 10.3 Å². The Hall–Kier alpha value is -0.800. The van der Waals surface area contributed by atoms with Gasteiger partial charge in [0.15, 0.2) is 0 Å². The van der Waals surface area contributed by atoms with Gasteiger partial charge in [0.1, 0.15) is 11.8 Å². The lowest BCUT2D eigenvalue weighted by Crippen LogP contribution is -1.81. The zero-order valence-corrected chi connectivity index (χ0v) is 9.39. The van der Waals surface area contributed by atoms with Crippen molar-refractivity contribution in [2.45, 2.75) is 0 Å². The van der Waals surface area contributed by atoms with Crippen molar-refractivity contribution in [3.63, 3.8) is 0 Å². The Labute approximate surface area is 92.6 Å². The summed E-state index contributed by atoms with van der Waals surface area (Å²) < 4.78 is 1.58. The molecule has 1 heterocycles. The van der Waals surface area contributed by atoms with Gasteiger partial charge in [0, 0.05) is 8.96 Å². The van der Waals surface area contributed by atoms with E-state index in [9.17, 15) is 5.11 Å². The number of hydrogen-bond donors (Lipinski definition) is 1. The molecule has 1 aromatic heterocycles. The van der Waals surface area contributed by atoms with Crippen molar-refractivity contribution in [2.24, 2.45) is 0 Å². The number of phenolic OH excluding ortho intramolecular Hbond substituents is 1. The van der Waals surface area contributed by atoms with Crippen LogP contribution in [-0.4, -0.2) is 5.11 Å². The van der Waals surface area contributed by atoms with E-state index in [1.54, 1.807) is 6.07 Å². The van der Waals surface area contributed by atoms with Crippen molar-refractivity contribution in [2.75, 3.05) is 0 Å². The molecule has 13 heavy (non-hydrogen) atoms. The number of nitriles is 1. The number of aromatic hydroxyl groups is 1. The highest BCUT2D eigenvalue weighted by molar-refractivity contribution is 14.1. The molecule has 0 atom stereocenters. The summed E-state index contributed by atoms with van der Waals surface area (Å²) in [4.78, 5) is 0. The minimum Gasteiger partial charge on any atom is -0.506 e. The minimum atomic E-state index is 0.258. The molecule has 2 aromatic rings. The fourth-order valence-electron chi connectivity index (χ4n) is 1.20. The Kier molecular flexibility index (Phi) is 2.14. The van der Waals surface area contributed by atoms with E-state index in [2.05, 4.69) is 28.7 Å². The highest BCUT2D eigenvalue weighted by Gasteiger charge is 2.10. The largest absolute Gasteiger partial charge is 0.506 e. The van der Waals surface area contributed by atoms with E-state index in [1.807, 2.05) is 11.4 Å². The first kappa shape index (κ1) is 8.78. The monoisotopic (exact) mass is 301 g/mol. The normalized spacial score (nSPS) is 10.2. The van der Waals surface area contributed by atoms with Crippen LogP contribution in [-0.2, 0) is 0 Å². The second-order valence-corrected chi connectivity index (χ2v) is 4.61. The number of hydrogen-bond acceptors (Lipinski definition) is 3. The van der Waals surface area contributed by atoms with Crippen LogP contribution in [0.5, 0.6) is 5.75 Å². The van der Waals surface area contributed by atoms with E-state index in [-0.39, 0.29) is 5.75 Å². The lowest BCUT2D eigenvalue weighted by Gasteiger charge is -1.99. The molecule has 0 amide bonds. The van der Waals surface area contributed by atoms with Gasteiger partial charge in [-0.2, -0.15) is 5.26 Å². The quantitative estimate of drug-likeness (QED) is 0.760. The number of fused-ring (bicyclic) bond motifs is 1. The van der Waals surface area contributed by atoms with Crippen LogP contribution in [0.2, 0.25) is 0 Å². The maximum absolute atomic E-state index is 9.56. The standard InChI is InChI=1S/C9H4INOS/c10-7-3-8(12)9-5(1-2-13-9)6(7)4-11/h1-3,12H. The van der Waals surface area contributed by atoms with Gasteiger partial charge in [-0.3, -0.25) is 0 Å². The Bertz CT molecular complexity index is 512. The van der Waals surface area contributed by atoms with Gasteiger partial charge in [-0.15, -0.1) is 11.3 Å². The van der Waals surface area contributed by atoms with Crippen molar-refractivity contribution in [3.05, 3.63) is 26.6 Å². The first-order valence-electron chi connectivity index (χ1n) is 3.53. The number of thiophene rings is 1. The Morgan fingerprint density at radius 2 is 2.31 bits per heavy atom. The smallest absolute Gasteiger partial charge is 0.134 e. The predicted molar refractivity (Wildman–Crippen MR) is 60.9 cm³/mol. The molecule has 1 N–H and O–H groups in total. The molecule has 1 aromatic carbocycles. The zero-order valence-electron chi connectivity index (χ0n) is 6.41. The van der Waals surface area contributed by atoms with Crippen LogP contribution in [0.1, 0.15) is 5.56 Å². The van der Waals surface area contributed by atoms with Crippen molar-refractivity contribution in [1.82, 2.24) is 0 Å². The number of rotatable bonds is 0. The van der Waals surface area contributed by atoms with Crippen LogP contribution in [0.3, 0.4) is 0 Å². The molecule has 4 heteroatoms. The van der Waals surface area contributed by atoms with Crippen molar-refractivity contribution >= 4 is 44.0 Å². The summed E-state index contributed by atoms with van der Waals surface area (Å²) in [6.07, 6.45) is 0. The van der Waals surface area contributed by atoms with Gasteiger partial charge < -0.3 is 5.11 Å². The highest BCUT2D eigenvalue weighted by Crippen LogP contribution is 2.34. The van der Waals surface area contributed by atoms with E-state index in [0.29, 0.717) is 5.56 Å². The summed E-state index contributed by atoms with van der Waals surface area (Å²) in [5, 5.41) is 21.2. The van der Waals surface area contributed by atoms with E-state index in [1.165, 1.54) is 11.3 Å². The summed E-state index contributed by atoms with van der Waals surface area (Å²) in [6, 6.07) is 5.62. The molecule has 0 unspecified atom stereocenters. The molecule has 0 fully saturated rings. The van der Waals surface area contributed by atoms with Crippen molar-refractivity contribution in [3.8, 4) is 11.8 Å². The van der Waals surface area contributed by atoms with Crippen molar-refractivity contribution in [1.29, 1.82) is 5.26 Å². The number of nitrogens with zero attached hydrogens (tertiary/aromatic N) is 1. The average molecular weight is 301 g/mol. The van der Waals surface area contributed by atoms with Gasteiger partial charge in [0.25, 0.3) is 0 Å². The van der Waals surface area contributed by atoms with E-state index >= 15 is 0 Å². The van der Waals surface area contributed by atoms with Gasteiger partial charge >= 0.3 is 0 Å². The molecule has 0 aliphatic rings. The van der Waals surface area contributed by atoms with Gasteiger partial charge in [0.2, 0.25) is 0 Å². The van der Waals surface area contributed by atoms with Crippen LogP contribution in [0.15, 0.2) is 17.5 Å². The minimum absolute atomic E-state index is 0.258. The Morgan fingerprint density at radius 3 is 3.00 bits per heavy atom. The Balaban J connectivity index is 2.99. The third-order valence-electron chi connectivity index (χ3n) is 1.78. The lowest BCUT2D eigenvalue weighted by molar-refractivity contribution is 0.482. The SMILES string of the molecule is N#Cc1c(I)cc(O)c2sccc12. The van der Waals surface area contributed by atoms with E-state index in [0.717, 1.165) is 13.7 Å². The van der Waals surface area contributed by atoms with Gasteiger partial charge in [-0.25, -0.2) is 0 Å². The molecule has 2 rings (SSSR count). The lowest BCUT2D eigenvalue weighted by atomic mass is 10.1. The van der Waals surface area contributed by atoms with E-state index < -0.39 is 0 Å². The third kappa shape index (κ3) is 1.28. The van der Waals surface area contributed by atoms with Crippen LogP contribution in [0.4, 0.5) is 0 Å². The fourth-order valence-corrected chi connectivity index (χ4v) is 2.73. The second-order valence-electron chi connectivity index (χ2n) is 2.53. The topological polar surface area (TPSA) is 44.0 Å². The molecule has 2 nitrogen and oxygen atoms in total. The average Bonchev–Trinajstić information content (AvgIpc) is 2.53. The van der Waals surface area contributed by atoms with Crippen LogP contribution in [0, 0.1) is 14.9 Å². The van der Waals surface area contributed by atoms with Crippen LogP contribution >= 0.6 is 33.9 Å². The zero-order chi connectivity index (χ0) is 9.42. The summed E-state index contributed by atoms with van der Waals surface area (Å²) in [5.74, 6) is 0.258. The molecule has 64 valence electrons. The Morgan fingerprint density at radius 1 is 1.54 bits per heavy atom. The van der Waals surface area contributed by atoms with Crippen LogP contribution in [0.25, 0.3) is 10.1 Å². The number of benzene rings is 1. The molecular formula is C9H4INOS. The molecule has 0 saturated heterocycles. The summed E-state index contributed by atoms with van der Waals surface area (Å²) in [5.41, 5.74) is 0.648. The number of halogens is 1. The van der Waals surface area contributed by atoms with Crippen molar-refractivity contribution < 1.29 is 5.11 Å². The van der Waals surface area contributed by atoms with Crippen LogP contribution < -0.4 is 0 Å². The van der Waals surface area contributed by atoms with Gasteiger partial charge in [-0.05, 0) is 40.1 Å². The highest BCUT2D eigenvalue weighted by atomic mass is 127. The second kappa shape index (κ2) is 3.16. The summed E-state index contributed by atoms with van der Waals surface area (Å²) in [6.45, 7) is 0. The predicted octanol–water partition coefficient (Wildman–Crippen LogP) is 3.08. The molecule has 0 radical (unpaired) electrons. The molecule has 0 saturated carbocycles. The molecular weight excluding hydrogens is 297 g/mol. The summed E-state index contributed by atoms with van der Waals surface area (Å²) in [7, 11) is 0. The maximum Gasteiger partial charge on any atom is 0.134 e. The molecule has 0 spiro atoms. The number of phenols is 1. The molecule has 0 aliphatic carbocycles. The molecule has 0 aliphatic heterocycles. The summed E-state index contributed by atoms with van der Waals surface area (Å²) >= 11 is 3.50. The maximum atomic E-state index is 9.56. The fraction of sp³-hybridized carbons (Fsp3) is 0. The molecule has 0 bridgehead atoms. The first-order valence-corrected chi connectivity index (χ1v) is 5.48. The van der Waals surface area contributed by atoms with Gasteiger partial charge in [-0.1, -0.05) is 0 Å². The first-order chi connectivity index (χ1) is 6.24. The van der Waals surface area contributed by atoms with E-state index in [4.69, 9.17) is 5.26 Å². The third-order valence-corrected chi connectivity index (χ3v) is 3.57.